The Balaban J connectivity index is 1.38. The molecule has 6 aromatic carbocycles. The van der Waals surface area contributed by atoms with Crippen molar-refractivity contribution >= 4 is 11.0 Å². The second-order valence-electron chi connectivity index (χ2n) is 17.9. The number of pyridine rings is 1. The highest BCUT2D eigenvalue weighted by Crippen LogP contribution is 2.43. The zero-order valence-electron chi connectivity index (χ0n) is 40.2. The van der Waals surface area contributed by atoms with Crippen LogP contribution in [0.3, 0.4) is 0 Å². The van der Waals surface area contributed by atoms with E-state index in [2.05, 4.69) is 97.0 Å². The van der Waals surface area contributed by atoms with Crippen LogP contribution in [0.1, 0.15) is 113 Å². The Morgan fingerprint density at radius 3 is 2.05 bits per heavy atom. The van der Waals surface area contributed by atoms with Crippen molar-refractivity contribution in [1.82, 2.24) is 14.5 Å². The SMILES string of the molecule is [2H]C([2H])([2H])c1cc(-n2c(-c3cc(C(C)C)cc(C(C)C)c3O)nc3c(-c4cc(-c5cc(-c6ccc(C([2H])(C)C)cc6)ccn5)cc(C(C)(C)C)c4)cccc32)ccc1-c1ccccc1. The third kappa shape index (κ3) is 7.79. The van der Waals surface area contributed by atoms with Crippen LogP contribution in [-0.2, 0) is 5.41 Å². The van der Waals surface area contributed by atoms with Crippen LogP contribution in [0.25, 0.3) is 72.7 Å². The van der Waals surface area contributed by atoms with Gasteiger partial charge in [0.1, 0.15) is 11.6 Å². The van der Waals surface area contributed by atoms with Crippen LogP contribution in [0, 0.1) is 6.85 Å². The maximum atomic E-state index is 12.2. The number of aromatic hydroxyl groups is 1. The number of benzene rings is 6. The molecule has 0 amide bonds. The molecule has 302 valence electrons. The second kappa shape index (κ2) is 16.1. The number of hydrogen-bond acceptors (Lipinski definition) is 3. The molecule has 0 saturated heterocycles. The Morgan fingerprint density at radius 1 is 0.617 bits per heavy atom. The van der Waals surface area contributed by atoms with Crippen molar-refractivity contribution in [3.8, 4) is 67.5 Å². The average molecular weight is 792 g/mol. The zero-order chi connectivity index (χ0) is 45.9. The predicted octanol–water partition coefficient (Wildman–Crippen LogP) is 15.4. The number of hydrogen-bond donors (Lipinski definition) is 1. The van der Waals surface area contributed by atoms with E-state index < -0.39 is 12.7 Å². The van der Waals surface area contributed by atoms with E-state index in [1.807, 2.05) is 103 Å². The molecular weight excluding hydrogens is 731 g/mol. The molecule has 0 unspecified atom stereocenters. The molecule has 0 saturated carbocycles. The standard InChI is InChI=1S/C56H57N3O/c1-34(2)38-19-21-39(22-20-38)41-25-26-57-51(33-41)44-28-43(29-45(30-44)56(8,9)10)48-17-14-18-52-53(48)58-55(50-32-42(35(3)4)31-49(36(5)6)54(50)60)59(52)46-23-24-47(37(7)27-46)40-15-12-11-13-16-40/h11-36,60H,1-10H3/i7D3,34D. The van der Waals surface area contributed by atoms with Crippen LogP contribution < -0.4 is 0 Å². The van der Waals surface area contributed by atoms with Crippen molar-refractivity contribution in [3.05, 3.63) is 167 Å². The highest BCUT2D eigenvalue weighted by molar-refractivity contribution is 5.97. The lowest BCUT2D eigenvalue weighted by molar-refractivity contribution is 0.466. The number of phenols is 1. The van der Waals surface area contributed by atoms with Crippen LogP contribution in [0.4, 0.5) is 0 Å². The predicted molar refractivity (Wildman–Crippen MR) is 253 cm³/mol. The molecule has 0 bridgehead atoms. The number of phenolic OH excluding ortho intramolecular Hbond substituents is 1. The summed E-state index contributed by atoms with van der Waals surface area (Å²) < 4.78 is 36.6. The lowest BCUT2D eigenvalue weighted by Gasteiger charge is -2.22. The zero-order valence-corrected chi connectivity index (χ0v) is 36.2. The van der Waals surface area contributed by atoms with Gasteiger partial charge in [-0.05, 0) is 134 Å². The summed E-state index contributed by atoms with van der Waals surface area (Å²) in [5, 5.41) is 12.2. The van der Waals surface area contributed by atoms with Gasteiger partial charge in [-0.3, -0.25) is 9.55 Å². The summed E-state index contributed by atoms with van der Waals surface area (Å²) in [5.74, 6) is 0.218. The molecule has 4 heteroatoms. The Labute approximate surface area is 362 Å². The van der Waals surface area contributed by atoms with Crippen LogP contribution in [0.5, 0.6) is 5.75 Å². The minimum atomic E-state index is -2.41. The van der Waals surface area contributed by atoms with Gasteiger partial charge in [-0.1, -0.05) is 147 Å². The van der Waals surface area contributed by atoms with Gasteiger partial charge in [0.2, 0.25) is 0 Å². The fraction of sp³-hybridized carbons (Fsp3) is 0.250. The Hall–Kier alpha value is -6.26. The van der Waals surface area contributed by atoms with Crippen molar-refractivity contribution in [2.24, 2.45) is 0 Å². The van der Waals surface area contributed by atoms with Crippen molar-refractivity contribution < 1.29 is 10.6 Å². The van der Waals surface area contributed by atoms with E-state index in [9.17, 15) is 5.11 Å². The molecule has 8 aromatic rings. The minimum absolute atomic E-state index is 0.0404. The molecular formula is C56H57N3O. The van der Waals surface area contributed by atoms with E-state index in [4.69, 9.17) is 15.5 Å². The van der Waals surface area contributed by atoms with E-state index in [1.54, 1.807) is 6.07 Å². The van der Waals surface area contributed by atoms with E-state index in [1.165, 1.54) is 0 Å². The summed E-state index contributed by atoms with van der Waals surface area (Å²) in [4.78, 5) is 10.4. The third-order valence-corrected chi connectivity index (χ3v) is 11.7. The summed E-state index contributed by atoms with van der Waals surface area (Å²) in [6, 6.07) is 44.5. The molecule has 0 aliphatic heterocycles. The molecule has 0 aliphatic carbocycles. The van der Waals surface area contributed by atoms with Crippen LogP contribution >= 0.6 is 0 Å². The fourth-order valence-corrected chi connectivity index (χ4v) is 8.07. The largest absolute Gasteiger partial charge is 0.507 e. The van der Waals surface area contributed by atoms with Gasteiger partial charge in [-0.15, -0.1) is 0 Å². The first-order chi connectivity index (χ1) is 30.2. The first kappa shape index (κ1) is 35.7. The Kier molecular flexibility index (Phi) is 9.55. The van der Waals surface area contributed by atoms with Gasteiger partial charge in [-0.2, -0.15) is 0 Å². The van der Waals surface area contributed by atoms with E-state index in [0.29, 0.717) is 22.6 Å². The molecule has 0 atom stereocenters. The smallest absolute Gasteiger partial charge is 0.149 e. The van der Waals surface area contributed by atoms with Gasteiger partial charge < -0.3 is 5.11 Å². The molecule has 8 rings (SSSR count). The lowest BCUT2D eigenvalue weighted by Crippen LogP contribution is -2.11. The topological polar surface area (TPSA) is 50.9 Å². The number of fused-ring (bicyclic) bond motifs is 1. The molecule has 60 heavy (non-hydrogen) atoms. The molecule has 0 aliphatic rings. The van der Waals surface area contributed by atoms with Gasteiger partial charge in [0.15, 0.2) is 0 Å². The molecule has 4 nitrogen and oxygen atoms in total. The van der Waals surface area contributed by atoms with Gasteiger partial charge in [0, 0.05) is 28.5 Å². The summed E-state index contributed by atoms with van der Waals surface area (Å²) >= 11 is 0. The first-order valence-corrected chi connectivity index (χ1v) is 21.0. The fourth-order valence-electron chi connectivity index (χ4n) is 8.07. The van der Waals surface area contributed by atoms with Gasteiger partial charge in [0.05, 0.1) is 22.3 Å². The molecule has 2 aromatic heterocycles. The van der Waals surface area contributed by atoms with E-state index in [-0.39, 0.29) is 28.6 Å². The van der Waals surface area contributed by atoms with Crippen molar-refractivity contribution in [1.29, 1.82) is 0 Å². The molecule has 0 fully saturated rings. The maximum absolute atomic E-state index is 12.2. The average Bonchev–Trinajstić information content (AvgIpc) is 3.65. The second-order valence-corrected chi connectivity index (χ2v) is 17.9. The summed E-state index contributed by atoms with van der Waals surface area (Å²) in [7, 11) is 0. The van der Waals surface area contributed by atoms with Crippen LogP contribution in [-0.4, -0.2) is 19.6 Å². The normalized spacial score (nSPS) is 13.4. The van der Waals surface area contributed by atoms with Crippen molar-refractivity contribution in [3.63, 3.8) is 0 Å². The molecule has 2 heterocycles. The number of nitrogens with zero attached hydrogens (tertiary/aromatic N) is 3. The summed E-state index contributed by atoms with van der Waals surface area (Å²) in [6.45, 7) is 16.5. The molecule has 0 spiro atoms. The number of para-hydroxylation sites is 1. The third-order valence-electron chi connectivity index (χ3n) is 11.7. The van der Waals surface area contributed by atoms with Gasteiger partial charge in [0.25, 0.3) is 0 Å². The lowest BCUT2D eigenvalue weighted by atomic mass is 9.83. The van der Waals surface area contributed by atoms with Crippen LogP contribution in [0.15, 0.2) is 140 Å². The quantitative estimate of drug-likeness (QED) is 0.158. The monoisotopic (exact) mass is 791 g/mol. The maximum Gasteiger partial charge on any atom is 0.149 e. The molecule has 1 N–H and O–H groups in total. The number of aromatic nitrogens is 3. The Morgan fingerprint density at radius 2 is 1.37 bits per heavy atom. The first-order valence-electron chi connectivity index (χ1n) is 23.0. The summed E-state index contributed by atoms with van der Waals surface area (Å²) in [5.41, 5.74) is 13.9. The minimum Gasteiger partial charge on any atom is -0.507 e. The Bertz CT molecular complexity index is 3000. The van der Waals surface area contributed by atoms with E-state index in [0.717, 1.165) is 72.4 Å². The highest BCUT2D eigenvalue weighted by atomic mass is 16.3. The number of aryl methyl sites for hydroxylation is 1. The van der Waals surface area contributed by atoms with Crippen LogP contribution in [0.2, 0.25) is 0 Å². The van der Waals surface area contributed by atoms with Gasteiger partial charge in [-0.25, -0.2) is 4.98 Å². The molecule has 0 radical (unpaired) electrons. The van der Waals surface area contributed by atoms with Gasteiger partial charge >= 0.3 is 0 Å². The van der Waals surface area contributed by atoms with E-state index >= 15 is 0 Å². The summed E-state index contributed by atoms with van der Waals surface area (Å²) in [6.07, 6.45) is 1.85. The number of imidazole rings is 1. The number of rotatable bonds is 9. The van der Waals surface area contributed by atoms with Crippen molar-refractivity contribution in [2.45, 2.75) is 92.3 Å². The van der Waals surface area contributed by atoms with Crippen molar-refractivity contribution in [2.75, 3.05) is 0 Å². The highest BCUT2D eigenvalue weighted by Gasteiger charge is 2.25.